The summed E-state index contributed by atoms with van der Waals surface area (Å²) in [6.07, 6.45) is 3.04. The molecule has 2 aromatic heterocycles. The maximum atomic E-state index is 5.59. The summed E-state index contributed by atoms with van der Waals surface area (Å²) in [5.41, 5.74) is 6.81. The van der Waals surface area contributed by atoms with Crippen LogP contribution in [0.1, 0.15) is 0 Å². The number of hydrogen-bond acceptors (Lipinski definition) is 3. The monoisotopic (exact) mass is 144 g/mol. The van der Waals surface area contributed by atoms with Crippen LogP contribution in [0, 0.1) is 0 Å². The van der Waals surface area contributed by atoms with Crippen molar-refractivity contribution in [1.29, 1.82) is 0 Å². The van der Waals surface area contributed by atoms with Crippen molar-refractivity contribution in [3.63, 3.8) is 0 Å². The minimum absolute atomic E-state index is 0.411. The molecule has 0 aliphatic heterocycles. The van der Waals surface area contributed by atoms with Crippen LogP contribution < -0.4 is 11.2 Å². The molecule has 0 unspecified atom stereocenters. The highest BCUT2D eigenvalue weighted by molar-refractivity contribution is 6.39. The number of nitrogens with one attached hydrogen (secondary N) is 1. The smallest absolute Gasteiger partial charge is 0.142 e. The van der Waals surface area contributed by atoms with E-state index >= 15 is 0 Å². The van der Waals surface area contributed by atoms with Gasteiger partial charge in [0.15, 0.2) is 0 Å². The highest BCUT2D eigenvalue weighted by atomic mass is 15.0. The molecule has 2 radical (unpaired) electrons. The van der Waals surface area contributed by atoms with Crippen LogP contribution >= 0.6 is 0 Å². The molecule has 0 spiro atoms. The van der Waals surface area contributed by atoms with Crippen molar-refractivity contribution >= 4 is 30.2 Å². The molecule has 11 heavy (non-hydrogen) atoms. The number of nitrogens with zero attached hydrogens (tertiary/aromatic N) is 2. The van der Waals surface area contributed by atoms with Crippen molar-refractivity contribution in [3.05, 3.63) is 12.5 Å². The van der Waals surface area contributed by atoms with Crippen LogP contribution in [-0.4, -0.2) is 22.8 Å². The first kappa shape index (κ1) is 6.21. The number of nitrogens with two attached hydrogens (primary N) is 1. The highest BCUT2D eigenvalue weighted by Crippen LogP contribution is 2.10. The molecular formula is C6H5BN4. The number of anilines is 1. The average Bonchev–Trinajstić information content (AvgIpc) is 2.34. The second-order valence-electron chi connectivity index (χ2n) is 2.23. The summed E-state index contributed by atoms with van der Waals surface area (Å²) in [6.45, 7) is 0. The number of rotatable bonds is 0. The molecule has 0 atom stereocenters. The van der Waals surface area contributed by atoms with Gasteiger partial charge in [-0.05, 0) is 6.20 Å². The van der Waals surface area contributed by atoms with Crippen LogP contribution in [0.5, 0.6) is 0 Å². The van der Waals surface area contributed by atoms with E-state index in [1.165, 1.54) is 6.33 Å². The van der Waals surface area contributed by atoms with E-state index in [0.717, 1.165) is 0 Å². The second-order valence-corrected chi connectivity index (χ2v) is 2.23. The van der Waals surface area contributed by atoms with Gasteiger partial charge in [-0.3, -0.25) is 0 Å². The van der Waals surface area contributed by atoms with Gasteiger partial charge in [0.05, 0.1) is 5.39 Å². The third-order valence-corrected chi connectivity index (χ3v) is 1.53. The lowest BCUT2D eigenvalue weighted by molar-refractivity contribution is 1.21. The fraction of sp³-hybridized carbons (Fsp3) is 0. The number of nitrogen functional groups attached to an aromatic ring is 1. The van der Waals surface area contributed by atoms with E-state index in [9.17, 15) is 0 Å². The van der Waals surface area contributed by atoms with Gasteiger partial charge in [-0.15, -0.1) is 0 Å². The van der Waals surface area contributed by atoms with Gasteiger partial charge in [0, 0.05) is 0 Å². The van der Waals surface area contributed by atoms with E-state index in [1.54, 1.807) is 6.20 Å². The SMILES string of the molecule is [B]c1c[nH]c2ncnc(N)c12. The molecule has 0 bridgehead atoms. The molecule has 2 heterocycles. The fourth-order valence-electron chi connectivity index (χ4n) is 1.01. The lowest BCUT2D eigenvalue weighted by atomic mass is 9.97. The Bertz CT molecular complexity index is 394. The van der Waals surface area contributed by atoms with E-state index in [0.29, 0.717) is 22.3 Å². The molecular weight excluding hydrogens is 139 g/mol. The van der Waals surface area contributed by atoms with E-state index < -0.39 is 0 Å². The maximum absolute atomic E-state index is 5.59. The first-order valence-electron chi connectivity index (χ1n) is 3.12. The van der Waals surface area contributed by atoms with Crippen molar-refractivity contribution in [1.82, 2.24) is 15.0 Å². The number of aromatic nitrogens is 3. The number of hydrogen-bond donors (Lipinski definition) is 2. The van der Waals surface area contributed by atoms with Gasteiger partial charge in [-0.25, -0.2) is 9.97 Å². The summed E-state index contributed by atoms with van der Waals surface area (Å²) in [7, 11) is 5.59. The summed E-state index contributed by atoms with van der Waals surface area (Å²) in [5, 5.41) is 0.701. The van der Waals surface area contributed by atoms with Crippen molar-refractivity contribution in [3.8, 4) is 0 Å². The largest absolute Gasteiger partial charge is 0.383 e. The highest BCUT2D eigenvalue weighted by Gasteiger charge is 2.02. The predicted octanol–water partition coefficient (Wildman–Crippen LogP) is -0.666. The molecule has 0 saturated heterocycles. The Balaban J connectivity index is 2.96. The zero-order valence-corrected chi connectivity index (χ0v) is 5.70. The van der Waals surface area contributed by atoms with E-state index in [-0.39, 0.29) is 0 Å². The normalized spacial score (nSPS) is 10.5. The molecule has 2 aromatic rings. The van der Waals surface area contributed by atoms with Crippen LogP contribution in [-0.2, 0) is 0 Å². The molecule has 5 heteroatoms. The van der Waals surface area contributed by atoms with Crippen LogP contribution in [0.2, 0.25) is 0 Å². The topological polar surface area (TPSA) is 67.6 Å². The van der Waals surface area contributed by atoms with Crippen LogP contribution in [0.3, 0.4) is 0 Å². The summed E-state index contributed by atoms with van der Waals surface area (Å²) < 4.78 is 0. The van der Waals surface area contributed by atoms with E-state index in [1.807, 2.05) is 0 Å². The molecule has 3 N–H and O–H groups in total. The summed E-state index contributed by atoms with van der Waals surface area (Å²) in [4.78, 5) is 10.6. The van der Waals surface area contributed by atoms with Gasteiger partial charge < -0.3 is 10.7 Å². The predicted molar refractivity (Wildman–Crippen MR) is 43.7 cm³/mol. The Hall–Kier alpha value is -1.52. The Morgan fingerprint density at radius 2 is 2.27 bits per heavy atom. The van der Waals surface area contributed by atoms with Gasteiger partial charge in [0.25, 0.3) is 0 Å². The third kappa shape index (κ3) is 0.773. The molecule has 0 aliphatic carbocycles. The van der Waals surface area contributed by atoms with Crippen molar-refractivity contribution < 1.29 is 0 Å². The Morgan fingerprint density at radius 1 is 1.45 bits per heavy atom. The summed E-state index contributed by atoms with van der Waals surface area (Å²) in [6, 6.07) is 0. The maximum Gasteiger partial charge on any atom is 0.142 e. The Labute approximate surface area is 64.3 Å². The van der Waals surface area contributed by atoms with Gasteiger partial charge in [0.1, 0.15) is 25.6 Å². The minimum Gasteiger partial charge on any atom is -0.383 e. The third-order valence-electron chi connectivity index (χ3n) is 1.53. The molecule has 0 saturated carbocycles. The van der Waals surface area contributed by atoms with Crippen LogP contribution in [0.4, 0.5) is 5.82 Å². The van der Waals surface area contributed by atoms with Gasteiger partial charge in [0.2, 0.25) is 0 Å². The second kappa shape index (κ2) is 1.98. The van der Waals surface area contributed by atoms with Crippen molar-refractivity contribution in [2.24, 2.45) is 0 Å². The first-order chi connectivity index (χ1) is 5.29. The van der Waals surface area contributed by atoms with Crippen LogP contribution in [0.15, 0.2) is 12.5 Å². The lowest BCUT2D eigenvalue weighted by Gasteiger charge is -1.93. The number of aromatic amines is 1. The van der Waals surface area contributed by atoms with Gasteiger partial charge >= 0.3 is 0 Å². The van der Waals surface area contributed by atoms with E-state index in [4.69, 9.17) is 13.6 Å². The summed E-state index contributed by atoms with van der Waals surface area (Å²) >= 11 is 0. The molecule has 0 fully saturated rings. The molecule has 0 amide bonds. The fourth-order valence-corrected chi connectivity index (χ4v) is 1.01. The standard InChI is InChI=1S/C6H5BN4/c7-3-1-9-6-4(3)5(8)10-2-11-6/h1-2H,(H3,8,9,10,11). The van der Waals surface area contributed by atoms with Gasteiger partial charge in [-0.1, -0.05) is 5.46 Å². The van der Waals surface area contributed by atoms with E-state index in [2.05, 4.69) is 15.0 Å². The van der Waals surface area contributed by atoms with Crippen LogP contribution in [0.25, 0.3) is 11.0 Å². The first-order valence-corrected chi connectivity index (χ1v) is 3.12. The summed E-state index contributed by atoms with van der Waals surface area (Å²) in [5.74, 6) is 0.411. The van der Waals surface area contributed by atoms with Crippen molar-refractivity contribution in [2.75, 3.05) is 5.73 Å². The molecule has 0 aliphatic rings. The average molecular weight is 144 g/mol. The quantitative estimate of drug-likeness (QED) is 0.482. The van der Waals surface area contributed by atoms with Crippen molar-refractivity contribution in [2.45, 2.75) is 0 Å². The lowest BCUT2D eigenvalue weighted by Crippen LogP contribution is -2.02. The Morgan fingerprint density at radius 3 is 3.00 bits per heavy atom. The molecule has 4 nitrogen and oxygen atoms in total. The number of H-pyrrole nitrogens is 1. The van der Waals surface area contributed by atoms with Gasteiger partial charge in [-0.2, -0.15) is 0 Å². The number of fused-ring (bicyclic) bond motifs is 1. The zero-order valence-electron chi connectivity index (χ0n) is 5.70. The minimum atomic E-state index is 0.411. The Kier molecular flexibility index (Phi) is 1.12. The molecule has 2 rings (SSSR count). The molecule has 0 aromatic carbocycles. The molecule has 52 valence electrons. The zero-order chi connectivity index (χ0) is 7.84.